The van der Waals surface area contributed by atoms with Crippen LogP contribution in [-0.4, -0.2) is 29.1 Å². The van der Waals surface area contributed by atoms with Gasteiger partial charge in [0.15, 0.2) is 5.69 Å². The summed E-state index contributed by atoms with van der Waals surface area (Å²) < 4.78 is 5.51. The summed E-state index contributed by atoms with van der Waals surface area (Å²) in [5.41, 5.74) is 1.12. The number of aromatic nitrogens is 1. The normalized spacial score (nSPS) is 10.4. The maximum Gasteiger partial charge on any atom is 0.273 e. The highest BCUT2D eigenvalue weighted by atomic mass is 16.4. The van der Waals surface area contributed by atoms with Gasteiger partial charge in [0.05, 0.1) is 0 Å². The highest BCUT2D eigenvalue weighted by Crippen LogP contribution is 2.21. The number of aryl methyl sites for hydroxylation is 1. The molecule has 0 aliphatic rings. The molecule has 0 fully saturated rings. The van der Waals surface area contributed by atoms with E-state index in [1.807, 2.05) is 30.3 Å². The molecule has 1 amide bonds. The van der Waals surface area contributed by atoms with Gasteiger partial charge in [-0.2, -0.15) is 0 Å². The summed E-state index contributed by atoms with van der Waals surface area (Å²) in [5, 5.41) is 11.4. The van der Waals surface area contributed by atoms with Gasteiger partial charge >= 0.3 is 0 Å². The summed E-state index contributed by atoms with van der Waals surface area (Å²) in [6.07, 6.45) is 0.522. The fourth-order valence-electron chi connectivity index (χ4n) is 1.68. The van der Waals surface area contributed by atoms with E-state index in [0.29, 0.717) is 24.6 Å². The third-order valence-corrected chi connectivity index (χ3v) is 2.65. The van der Waals surface area contributed by atoms with Gasteiger partial charge in [0.1, 0.15) is 5.76 Å². The molecule has 0 unspecified atom stereocenters. The molecule has 2 N–H and O–H groups in total. The first-order chi connectivity index (χ1) is 9.22. The Labute approximate surface area is 111 Å². The average molecular weight is 260 g/mol. The van der Waals surface area contributed by atoms with Crippen molar-refractivity contribution in [1.29, 1.82) is 0 Å². The maximum atomic E-state index is 11.9. The number of amides is 1. The number of hydrogen-bond acceptors (Lipinski definition) is 4. The first-order valence-corrected chi connectivity index (χ1v) is 6.14. The summed E-state index contributed by atoms with van der Waals surface area (Å²) in [7, 11) is 0. The number of benzene rings is 1. The minimum Gasteiger partial charge on any atom is -0.441 e. The van der Waals surface area contributed by atoms with Crippen molar-refractivity contribution in [1.82, 2.24) is 10.3 Å². The molecule has 1 heterocycles. The van der Waals surface area contributed by atoms with Crippen molar-refractivity contribution in [3.05, 3.63) is 41.8 Å². The Kier molecular flexibility index (Phi) is 4.30. The predicted molar refractivity (Wildman–Crippen MR) is 70.7 cm³/mol. The van der Waals surface area contributed by atoms with Crippen LogP contribution in [0.2, 0.25) is 0 Å². The number of oxazole rings is 1. The van der Waals surface area contributed by atoms with E-state index in [2.05, 4.69) is 10.3 Å². The lowest BCUT2D eigenvalue weighted by atomic mass is 10.2. The maximum absolute atomic E-state index is 11.9. The first-order valence-electron chi connectivity index (χ1n) is 6.14. The quantitative estimate of drug-likeness (QED) is 0.803. The molecule has 19 heavy (non-hydrogen) atoms. The van der Waals surface area contributed by atoms with Crippen LogP contribution in [0.4, 0.5) is 0 Å². The van der Waals surface area contributed by atoms with Gasteiger partial charge in [-0.25, -0.2) is 4.98 Å². The van der Waals surface area contributed by atoms with Gasteiger partial charge in [0, 0.05) is 18.7 Å². The zero-order chi connectivity index (χ0) is 13.7. The molecule has 0 bridgehead atoms. The number of aliphatic hydroxyl groups excluding tert-OH is 1. The van der Waals surface area contributed by atoms with Crippen LogP contribution in [0.5, 0.6) is 0 Å². The van der Waals surface area contributed by atoms with Crippen LogP contribution < -0.4 is 5.32 Å². The number of nitrogens with zero attached hydrogens (tertiary/aromatic N) is 1. The van der Waals surface area contributed by atoms with Crippen LogP contribution in [0.3, 0.4) is 0 Å². The van der Waals surface area contributed by atoms with E-state index in [1.54, 1.807) is 6.92 Å². The molecule has 0 radical (unpaired) electrons. The Bertz CT molecular complexity index is 549. The van der Waals surface area contributed by atoms with Crippen LogP contribution in [-0.2, 0) is 0 Å². The SMILES string of the molecule is Cc1oc(-c2ccccc2)nc1C(=O)NCCCO. The van der Waals surface area contributed by atoms with Crippen molar-refractivity contribution < 1.29 is 14.3 Å². The lowest BCUT2D eigenvalue weighted by molar-refractivity contribution is 0.0945. The van der Waals surface area contributed by atoms with Crippen molar-refractivity contribution in [3.63, 3.8) is 0 Å². The van der Waals surface area contributed by atoms with Gasteiger partial charge in [0.25, 0.3) is 5.91 Å². The summed E-state index contributed by atoms with van der Waals surface area (Å²) in [5.74, 6) is 0.641. The van der Waals surface area contributed by atoms with Crippen LogP contribution in [0.25, 0.3) is 11.5 Å². The number of hydrogen-bond donors (Lipinski definition) is 2. The fraction of sp³-hybridized carbons (Fsp3) is 0.286. The molecule has 1 aromatic carbocycles. The molecular weight excluding hydrogens is 244 g/mol. The van der Waals surface area contributed by atoms with Gasteiger partial charge in [-0.15, -0.1) is 0 Å². The van der Waals surface area contributed by atoms with Crippen molar-refractivity contribution in [2.45, 2.75) is 13.3 Å². The fourth-order valence-corrected chi connectivity index (χ4v) is 1.68. The lowest BCUT2D eigenvalue weighted by Gasteiger charge is -2.00. The Hall–Kier alpha value is -2.14. The van der Waals surface area contributed by atoms with Gasteiger partial charge in [-0.05, 0) is 25.5 Å². The molecule has 0 spiro atoms. The third-order valence-electron chi connectivity index (χ3n) is 2.65. The second-order valence-electron chi connectivity index (χ2n) is 4.12. The zero-order valence-corrected chi connectivity index (χ0v) is 10.7. The zero-order valence-electron chi connectivity index (χ0n) is 10.7. The number of carbonyl (C=O) groups is 1. The van der Waals surface area contributed by atoms with Crippen molar-refractivity contribution in [3.8, 4) is 11.5 Å². The first kappa shape index (κ1) is 13.3. The predicted octanol–water partition coefficient (Wildman–Crippen LogP) is 1.76. The molecular formula is C14H16N2O3. The number of nitrogens with one attached hydrogen (secondary N) is 1. The highest BCUT2D eigenvalue weighted by Gasteiger charge is 2.17. The molecule has 2 aromatic rings. The number of carbonyl (C=O) groups excluding carboxylic acids is 1. The highest BCUT2D eigenvalue weighted by molar-refractivity contribution is 5.93. The van der Waals surface area contributed by atoms with Gasteiger partial charge in [0.2, 0.25) is 5.89 Å². The number of aliphatic hydroxyl groups is 1. The van der Waals surface area contributed by atoms with E-state index in [-0.39, 0.29) is 18.2 Å². The third kappa shape index (κ3) is 3.20. The van der Waals surface area contributed by atoms with Crippen molar-refractivity contribution in [2.75, 3.05) is 13.2 Å². The van der Waals surface area contributed by atoms with E-state index in [9.17, 15) is 4.79 Å². The van der Waals surface area contributed by atoms with Crippen LogP contribution >= 0.6 is 0 Å². The molecule has 0 atom stereocenters. The van der Waals surface area contributed by atoms with Crippen molar-refractivity contribution in [2.24, 2.45) is 0 Å². The molecule has 5 nitrogen and oxygen atoms in total. The van der Waals surface area contributed by atoms with E-state index < -0.39 is 0 Å². The van der Waals surface area contributed by atoms with Gasteiger partial charge in [-0.1, -0.05) is 18.2 Å². The summed E-state index contributed by atoms with van der Waals surface area (Å²) in [6, 6.07) is 9.42. The molecule has 0 aliphatic heterocycles. The topological polar surface area (TPSA) is 75.4 Å². The summed E-state index contributed by atoms with van der Waals surface area (Å²) >= 11 is 0. The Morgan fingerprint density at radius 3 is 2.79 bits per heavy atom. The second-order valence-corrected chi connectivity index (χ2v) is 4.12. The minimum absolute atomic E-state index is 0.0490. The average Bonchev–Trinajstić information content (AvgIpc) is 2.82. The largest absolute Gasteiger partial charge is 0.441 e. The molecule has 2 rings (SSSR count). The molecule has 0 aliphatic carbocycles. The van der Waals surface area contributed by atoms with E-state index in [4.69, 9.17) is 9.52 Å². The minimum atomic E-state index is -0.281. The molecule has 100 valence electrons. The second kappa shape index (κ2) is 6.15. The van der Waals surface area contributed by atoms with Crippen LogP contribution in [0.1, 0.15) is 22.7 Å². The molecule has 5 heteroatoms. The Morgan fingerprint density at radius 2 is 2.11 bits per heavy atom. The Morgan fingerprint density at radius 1 is 1.37 bits per heavy atom. The van der Waals surface area contributed by atoms with Gasteiger partial charge in [-0.3, -0.25) is 4.79 Å². The van der Waals surface area contributed by atoms with E-state index >= 15 is 0 Å². The monoisotopic (exact) mass is 260 g/mol. The summed E-state index contributed by atoms with van der Waals surface area (Å²) in [6.45, 7) is 2.18. The molecule has 0 saturated heterocycles. The summed E-state index contributed by atoms with van der Waals surface area (Å²) in [4.78, 5) is 16.1. The smallest absolute Gasteiger partial charge is 0.273 e. The molecule has 0 saturated carbocycles. The van der Waals surface area contributed by atoms with Crippen LogP contribution in [0.15, 0.2) is 34.7 Å². The molecule has 1 aromatic heterocycles. The van der Waals surface area contributed by atoms with Gasteiger partial charge < -0.3 is 14.8 Å². The van der Waals surface area contributed by atoms with E-state index in [0.717, 1.165) is 5.56 Å². The van der Waals surface area contributed by atoms with Crippen LogP contribution in [0, 0.1) is 6.92 Å². The van der Waals surface area contributed by atoms with Crippen molar-refractivity contribution >= 4 is 5.91 Å². The lowest BCUT2D eigenvalue weighted by Crippen LogP contribution is -2.25. The Balaban J connectivity index is 2.15. The number of rotatable bonds is 5. The standard InChI is InChI=1S/C14H16N2O3/c1-10-12(13(18)15-8-5-9-17)16-14(19-10)11-6-3-2-4-7-11/h2-4,6-7,17H,5,8-9H2,1H3,(H,15,18). The van der Waals surface area contributed by atoms with E-state index in [1.165, 1.54) is 0 Å².